The fourth-order valence-electron chi connectivity index (χ4n) is 11.2. The van der Waals surface area contributed by atoms with Crippen molar-refractivity contribution in [2.24, 2.45) is 33.7 Å². The van der Waals surface area contributed by atoms with E-state index in [4.69, 9.17) is 19.5 Å². The van der Waals surface area contributed by atoms with Gasteiger partial charge in [0.25, 0.3) is 23.5 Å². The molecule has 5 unspecified atom stereocenters. The largest absolute Gasteiger partial charge is 0.507 e. The van der Waals surface area contributed by atoms with Crippen molar-refractivity contribution < 1.29 is 68.1 Å². The van der Waals surface area contributed by atoms with E-state index in [1.54, 1.807) is 43.0 Å². The van der Waals surface area contributed by atoms with Gasteiger partial charge in [-0.1, -0.05) is 88.4 Å². The van der Waals surface area contributed by atoms with E-state index in [1.165, 1.54) is 62.6 Å². The summed E-state index contributed by atoms with van der Waals surface area (Å²) in [6.07, 6.45) is 7.53. The molecule has 1 spiro atoms. The molecule has 9 N–H and O–H groups in total. The summed E-state index contributed by atoms with van der Waals surface area (Å²) < 4.78 is 42.4. The van der Waals surface area contributed by atoms with Crippen LogP contribution in [0.4, 0.5) is 25.8 Å². The van der Waals surface area contributed by atoms with Crippen molar-refractivity contribution in [1.82, 2.24) is 5.32 Å². The van der Waals surface area contributed by atoms with Crippen molar-refractivity contribution in [2.75, 3.05) is 28.6 Å². The first-order valence-corrected chi connectivity index (χ1v) is 26.9. The number of hydrogen-bond acceptors (Lipinski definition) is 15. The first-order valence-electron chi connectivity index (χ1n) is 26.9. The number of aliphatic hydroxyl groups is 4. The summed E-state index contributed by atoms with van der Waals surface area (Å²) in [5, 5.41) is 77.5. The second-order valence-electron chi connectivity index (χ2n) is 22.0. The molecule has 5 aromatic carbocycles. The monoisotopic (exact) mass is 1110 g/mol. The number of ketones is 1. The zero-order chi connectivity index (χ0) is 58.5. The van der Waals surface area contributed by atoms with E-state index in [0.29, 0.717) is 12.8 Å². The average molecular weight is 1110 g/mol. The van der Waals surface area contributed by atoms with Crippen LogP contribution in [0.2, 0.25) is 0 Å². The van der Waals surface area contributed by atoms with Gasteiger partial charge in [-0.15, -0.1) is 0 Å². The number of aliphatic hydroxyl groups excluding tert-OH is 2. The molecule has 0 radical (unpaired) electrons. The Kier molecular flexibility index (Phi) is 16.0. The van der Waals surface area contributed by atoms with Crippen molar-refractivity contribution in [3.63, 3.8) is 0 Å². The van der Waals surface area contributed by atoms with Crippen LogP contribution in [0.15, 0.2) is 119 Å². The van der Waals surface area contributed by atoms with E-state index in [0.717, 1.165) is 24.3 Å². The van der Waals surface area contributed by atoms with Crippen molar-refractivity contribution >= 4 is 51.3 Å². The number of nitrogens with zero attached hydrogens (tertiary/aromatic N) is 3. The molecule has 1 saturated heterocycles. The van der Waals surface area contributed by atoms with E-state index < -0.39 is 93.6 Å². The Balaban J connectivity index is 1.09. The molecule has 0 aliphatic carbocycles. The van der Waals surface area contributed by atoms with Crippen LogP contribution in [-0.2, 0) is 20.1 Å². The van der Waals surface area contributed by atoms with E-state index in [9.17, 15) is 54.2 Å². The lowest BCUT2D eigenvalue weighted by Gasteiger charge is -2.38. The highest BCUT2D eigenvalue weighted by Crippen LogP contribution is 2.50. The number of nitrogens with one attached hydrogen (secondary N) is 3. The molecule has 0 aromatic heterocycles. The molecule has 5 aliphatic heterocycles. The normalized spacial score (nSPS) is 25.8. The van der Waals surface area contributed by atoms with Crippen LogP contribution in [-0.4, -0.2) is 96.9 Å². The van der Waals surface area contributed by atoms with Gasteiger partial charge in [-0.3, -0.25) is 29.2 Å². The van der Waals surface area contributed by atoms with Gasteiger partial charge in [0.2, 0.25) is 5.79 Å². The van der Waals surface area contributed by atoms with Crippen molar-refractivity contribution in [2.45, 2.75) is 110 Å². The van der Waals surface area contributed by atoms with Crippen molar-refractivity contribution in [1.29, 1.82) is 0 Å². The number of benzene rings is 5. The smallest absolute Gasteiger partial charge is 0.312 e. The third-order valence-corrected chi connectivity index (χ3v) is 16.1. The first kappa shape index (κ1) is 57.6. The molecule has 5 aromatic rings. The molecule has 5 bridgehead atoms. The van der Waals surface area contributed by atoms with Crippen LogP contribution in [0, 0.1) is 42.2 Å². The number of piperidine rings is 1. The number of phenols is 2. The van der Waals surface area contributed by atoms with Gasteiger partial charge in [0, 0.05) is 60.9 Å². The fraction of sp³-hybridized carbons (Fsp3) is 0.377. The van der Waals surface area contributed by atoms with Crippen LogP contribution in [0.3, 0.4) is 0 Å². The second kappa shape index (κ2) is 22.5. The summed E-state index contributed by atoms with van der Waals surface area (Å²) in [5.74, 6) is -12.6. The molecule has 1 fully saturated rings. The Morgan fingerprint density at radius 3 is 2.25 bits per heavy atom. The zero-order valence-corrected chi connectivity index (χ0v) is 45.8. The van der Waals surface area contributed by atoms with Gasteiger partial charge < -0.3 is 61.0 Å². The Bertz CT molecular complexity index is 3560. The van der Waals surface area contributed by atoms with Gasteiger partial charge in [-0.25, -0.2) is 8.78 Å². The number of carbonyl (C=O) groups excluding carboxylic acids is 4. The van der Waals surface area contributed by atoms with Crippen LogP contribution >= 0.6 is 0 Å². The maximum absolute atomic E-state index is 15.2. The lowest BCUT2D eigenvalue weighted by molar-refractivity contribution is -0.191. The number of halogens is 2. The highest BCUT2D eigenvalue weighted by atomic mass is 19.1. The SMILES string of the molecule is C/C1=C/C=C/C(C)C[C@@H](C)C(O)C(C)C(O)[C@H](C)C/C=C/O[C@]2(C)Oc3c(C)c(O)c4c(O)c(c5c(c4c3C2=O)=NC2(CCN(c3ccc(F)cc3NC(=O)C(NC(=O)c3ccccc3F)C(O)(O)c3ccccc3)CC2)N=5)NC1=O. The number of fused-ring (bicyclic) bond motifs is 13. The summed E-state index contributed by atoms with van der Waals surface area (Å²) in [5.41, 5.74) is -1.84. The number of anilines is 3. The van der Waals surface area contributed by atoms with Crippen molar-refractivity contribution in [3.05, 3.63) is 154 Å². The molecule has 426 valence electrons. The van der Waals surface area contributed by atoms with Crippen LogP contribution < -0.4 is 36.3 Å². The third-order valence-electron chi connectivity index (χ3n) is 16.1. The number of carbonyl (C=O) groups is 4. The molecule has 81 heavy (non-hydrogen) atoms. The van der Waals surface area contributed by atoms with Gasteiger partial charge in [0.1, 0.15) is 34.2 Å². The number of hydrogen-bond donors (Lipinski definition) is 9. The highest BCUT2D eigenvalue weighted by Gasteiger charge is 2.50. The van der Waals surface area contributed by atoms with Crippen LogP contribution in [0.5, 0.6) is 17.2 Å². The topological polar surface area (TPSA) is 272 Å². The number of rotatable bonds is 7. The molecule has 18 nitrogen and oxygen atoms in total. The van der Waals surface area contributed by atoms with E-state index >= 15 is 4.39 Å². The molecule has 0 saturated carbocycles. The van der Waals surface area contributed by atoms with Gasteiger partial charge >= 0.3 is 5.79 Å². The number of aromatic hydroxyl groups is 2. The number of amides is 3. The predicted octanol–water partition coefficient (Wildman–Crippen LogP) is 6.98. The summed E-state index contributed by atoms with van der Waals surface area (Å²) in [6, 6.07) is 13.5. The molecular weight excluding hydrogens is 1050 g/mol. The lowest BCUT2D eigenvalue weighted by atomic mass is 9.80. The number of ether oxygens (including phenoxy) is 2. The highest BCUT2D eigenvalue weighted by molar-refractivity contribution is 6.19. The minimum atomic E-state index is -3.08. The Morgan fingerprint density at radius 2 is 1.54 bits per heavy atom. The first-order chi connectivity index (χ1) is 38.4. The van der Waals surface area contributed by atoms with Gasteiger partial charge in [0.05, 0.1) is 51.7 Å². The molecule has 5 aliphatic rings. The van der Waals surface area contributed by atoms with Gasteiger partial charge in [-0.05, 0) is 80.9 Å². The Labute approximate surface area is 465 Å². The average Bonchev–Trinajstić information content (AvgIpc) is 2.13. The predicted molar refractivity (Wildman–Crippen MR) is 297 cm³/mol. The minimum absolute atomic E-state index is 0.00308. The number of phenolic OH excluding ortho intramolecular Hbond substituents is 2. The lowest BCUT2D eigenvalue weighted by Crippen LogP contribution is -2.57. The molecule has 8 atom stereocenters. The van der Waals surface area contributed by atoms with E-state index in [2.05, 4.69) is 16.0 Å². The zero-order valence-electron chi connectivity index (χ0n) is 45.8. The molecular formula is C61H66F2N6O12. The molecule has 5 heterocycles. The Morgan fingerprint density at radius 1 is 0.877 bits per heavy atom. The molecule has 20 heteroatoms. The van der Waals surface area contributed by atoms with Crippen molar-refractivity contribution in [3.8, 4) is 17.2 Å². The summed E-state index contributed by atoms with van der Waals surface area (Å²) in [7, 11) is 0. The number of allylic oxidation sites excluding steroid dienone is 4. The van der Waals surface area contributed by atoms with Crippen LogP contribution in [0.1, 0.15) is 99.1 Å². The third kappa shape index (κ3) is 11.0. The Hall–Kier alpha value is -8.04. The summed E-state index contributed by atoms with van der Waals surface area (Å²) >= 11 is 0. The quantitative estimate of drug-likeness (QED) is 0.0589. The maximum Gasteiger partial charge on any atom is 0.312 e. The molecule has 3 amide bonds. The van der Waals surface area contributed by atoms with E-state index in [-0.39, 0.29) is 110 Å². The fourth-order valence-corrected chi connectivity index (χ4v) is 11.2. The summed E-state index contributed by atoms with van der Waals surface area (Å²) in [6.45, 7) is 12.2. The minimum Gasteiger partial charge on any atom is -0.507 e. The summed E-state index contributed by atoms with van der Waals surface area (Å²) in [4.78, 5) is 68.9. The number of Topliss-reactive ketones (excluding diaryl/α,β-unsaturated/α-hetero) is 1. The maximum atomic E-state index is 15.2. The van der Waals surface area contributed by atoms with E-state index in [1.807, 2.05) is 26.8 Å². The standard InChI is InChI=1S/C61H66F2N6O12/c1-31-15-13-16-33(3)56(75)65-48-47-46(43-44(52(48)73)51(72)36(6)53-45(43)55(74)59(7,81-53)80-28-14-17-32(2)49(70)35(5)50(71)34(4)29-31)67-60(68-47)24-26-69(27-25-60)42-23-22-38(62)30-41(42)64-58(77)54(61(78,79)37-18-9-8-10-19-37)66-57(76)39-20-11-12-21-40(39)63/h8-16,18-23,28,30-32,34-35,49-50,54,70-73,78-79H,17,24-27,29H2,1-7H3,(H,64,77)(H,65,75)(H,66,76)/b15-13+,28-14+,33-16-/t31?,32-,34-,35?,49?,50?,54?,59-/m1/s1. The van der Waals surface area contributed by atoms with Gasteiger partial charge in [-0.2, -0.15) is 0 Å². The van der Waals surface area contributed by atoms with Gasteiger partial charge in [0.15, 0.2) is 17.5 Å². The van der Waals surface area contributed by atoms with Crippen LogP contribution in [0.25, 0.3) is 10.8 Å². The second-order valence-corrected chi connectivity index (χ2v) is 22.0. The molecule has 10 rings (SSSR count).